The third-order valence-electron chi connectivity index (χ3n) is 5.06. The fraction of sp³-hybridized carbons (Fsp3) is 0. The monoisotopic (exact) mass is 531 g/mol. The zero-order valence-electron chi connectivity index (χ0n) is 19.2. The summed E-state index contributed by atoms with van der Waals surface area (Å²) >= 11 is 12.0. The predicted molar refractivity (Wildman–Crippen MR) is 144 cm³/mol. The molecule has 0 aliphatic carbocycles. The maximum Gasteiger partial charge on any atom is 0.343 e. The molecule has 2 N–H and O–H groups in total. The highest BCUT2D eigenvalue weighted by Gasteiger charge is 2.13. The number of hydrogen-bond acceptors (Lipinski definition) is 5. The number of benzene rings is 4. The molecule has 184 valence electrons. The lowest BCUT2D eigenvalue weighted by atomic mass is 10.1. The molecule has 0 heterocycles. The molecule has 0 atom stereocenters. The predicted octanol–water partition coefficient (Wildman–Crippen LogP) is 6.23. The smallest absolute Gasteiger partial charge is 0.343 e. The molecule has 4 aromatic carbocycles. The minimum atomic E-state index is -0.510. The molecule has 0 saturated carbocycles. The standard InChI is InChI=1S/C28H19Cl2N3O4/c29-21-13-14-23(24(30)16-21)27(35)32-22-11-6-10-19(15-22)26(34)33-31-17-20-9-4-5-12-25(20)37-28(36)18-7-2-1-3-8-18/h1-17H,(H,32,35)(H,33,34). The lowest BCUT2D eigenvalue weighted by Gasteiger charge is -2.09. The van der Waals surface area contributed by atoms with Gasteiger partial charge in [0.15, 0.2) is 0 Å². The van der Waals surface area contributed by atoms with Crippen molar-refractivity contribution in [2.75, 3.05) is 5.32 Å². The van der Waals surface area contributed by atoms with Crippen LogP contribution in [0.2, 0.25) is 10.0 Å². The summed E-state index contributed by atoms with van der Waals surface area (Å²) in [6, 6.07) is 26.3. The van der Waals surface area contributed by atoms with Gasteiger partial charge in [-0.05, 0) is 60.7 Å². The average Bonchev–Trinajstić information content (AvgIpc) is 2.90. The van der Waals surface area contributed by atoms with Crippen molar-refractivity contribution in [2.24, 2.45) is 5.10 Å². The number of nitrogens with zero attached hydrogens (tertiary/aromatic N) is 1. The van der Waals surface area contributed by atoms with Gasteiger partial charge in [0.25, 0.3) is 11.8 Å². The third kappa shape index (κ3) is 6.82. The summed E-state index contributed by atoms with van der Waals surface area (Å²) in [4.78, 5) is 37.6. The van der Waals surface area contributed by atoms with Gasteiger partial charge in [0.2, 0.25) is 0 Å². The average molecular weight is 532 g/mol. The summed E-state index contributed by atoms with van der Waals surface area (Å²) in [6.45, 7) is 0. The maximum atomic E-state index is 12.6. The Morgan fingerprint density at radius 3 is 2.27 bits per heavy atom. The van der Waals surface area contributed by atoms with Crippen molar-refractivity contribution >= 4 is 52.9 Å². The Hall–Kier alpha value is -4.46. The van der Waals surface area contributed by atoms with Crippen LogP contribution in [-0.4, -0.2) is 24.0 Å². The molecule has 0 aliphatic rings. The SMILES string of the molecule is O=C(NN=Cc1ccccc1OC(=O)c1ccccc1)c1cccc(NC(=O)c2ccc(Cl)cc2Cl)c1. The highest BCUT2D eigenvalue weighted by atomic mass is 35.5. The molecular weight excluding hydrogens is 513 g/mol. The molecule has 4 rings (SSSR count). The number of amides is 2. The van der Waals surface area contributed by atoms with Crippen molar-refractivity contribution in [1.29, 1.82) is 0 Å². The molecule has 0 aliphatic heterocycles. The fourth-order valence-electron chi connectivity index (χ4n) is 3.25. The molecule has 0 spiro atoms. The van der Waals surface area contributed by atoms with E-state index >= 15 is 0 Å². The van der Waals surface area contributed by atoms with E-state index in [9.17, 15) is 14.4 Å². The van der Waals surface area contributed by atoms with Crippen LogP contribution in [0.5, 0.6) is 5.75 Å². The number of nitrogens with one attached hydrogen (secondary N) is 2. The number of ether oxygens (including phenoxy) is 1. The van der Waals surface area contributed by atoms with E-state index in [4.69, 9.17) is 27.9 Å². The third-order valence-corrected chi connectivity index (χ3v) is 5.61. The summed E-state index contributed by atoms with van der Waals surface area (Å²) in [5, 5.41) is 7.31. The summed E-state index contributed by atoms with van der Waals surface area (Å²) in [6.07, 6.45) is 1.37. The van der Waals surface area contributed by atoms with Gasteiger partial charge in [-0.25, -0.2) is 10.2 Å². The van der Waals surface area contributed by atoms with Gasteiger partial charge in [0, 0.05) is 21.8 Å². The second kappa shape index (κ2) is 12.0. The minimum Gasteiger partial charge on any atom is -0.422 e. The fourth-order valence-corrected chi connectivity index (χ4v) is 3.74. The van der Waals surface area contributed by atoms with Crippen LogP contribution in [-0.2, 0) is 0 Å². The van der Waals surface area contributed by atoms with Gasteiger partial charge in [-0.2, -0.15) is 5.10 Å². The first kappa shape index (κ1) is 25.6. The van der Waals surface area contributed by atoms with Gasteiger partial charge < -0.3 is 10.1 Å². The number of anilines is 1. The molecule has 0 saturated heterocycles. The largest absolute Gasteiger partial charge is 0.422 e. The van der Waals surface area contributed by atoms with Crippen molar-refractivity contribution in [2.45, 2.75) is 0 Å². The van der Waals surface area contributed by atoms with E-state index < -0.39 is 17.8 Å². The molecule has 0 aromatic heterocycles. The Kier molecular flexibility index (Phi) is 8.30. The second-order valence-electron chi connectivity index (χ2n) is 7.65. The van der Waals surface area contributed by atoms with Crippen molar-refractivity contribution in [3.63, 3.8) is 0 Å². The number of hydrogen-bond donors (Lipinski definition) is 2. The molecule has 0 radical (unpaired) electrons. The summed E-state index contributed by atoms with van der Waals surface area (Å²) in [5.41, 5.74) is 4.24. The van der Waals surface area contributed by atoms with Crippen LogP contribution in [0.25, 0.3) is 0 Å². The number of carbonyl (C=O) groups is 3. The Bertz CT molecular complexity index is 1490. The lowest BCUT2D eigenvalue weighted by molar-refractivity contribution is 0.0734. The zero-order valence-corrected chi connectivity index (χ0v) is 20.7. The van der Waals surface area contributed by atoms with Gasteiger partial charge in [-0.1, -0.05) is 59.6 Å². The van der Waals surface area contributed by atoms with E-state index in [1.807, 2.05) is 0 Å². The minimum absolute atomic E-state index is 0.211. The summed E-state index contributed by atoms with van der Waals surface area (Å²) in [5.74, 6) is -1.17. The first-order valence-electron chi connectivity index (χ1n) is 11.0. The first-order chi connectivity index (χ1) is 17.9. The van der Waals surface area contributed by atoms with Crippen LogP contribution in [0.4, 0.5) is 5.69 Å². The molecule has 9 heteroatoms. The van der Waals surface area contributed by atoms with E-state index in [-0.39, 0.29) is 16.1 Å². The molecule has 4 aromatic rings. The number of rotatable bonds is 7. The quantitative estimate of drug-likeness (QED) is 0.128. The van der Waals surface area contributed by atoms with Crippen molar-refractivity contribution in [1.82, 2.24) is 5.43 Å². The summed E-state index contributed by atoms with van der Waals surface area (Å²) in [7, 11) is 0. The van der Waals surface area contributed by atoms with Crippen LogP contribution in [0.1, 0.15) is 36.6 Å². The van der Waals surface area contributed by atoms with Gasteiger partial charge >= 0.3 is 5.97 Å². The molecule has 0 unspecified atom stereocenters. The van der Waals surface area contributed by atoms with Crippen LogP contribution in [0.15, 0.2) is 102 Å². The normalized spacial score (nSPS) is 10.6. The highest BCUT2D eigenvalue weighted by Crippen LogP contribution is 2.22. The van der Waals surface area contributed by atoms with Crippen molar-refractivity contribution in [3.05, 3.63) is 129 Å². The number of hydrazone groups is 1. The van der Waals surface area contributed by atoms with E-state index in [2.05, 4.69) is 15.8 Å². The highest BCUT2D eigenvalue weighted by molar-refractivity contribution is 6.37. The van der Waals surface area contributed by atoms with Crippen LogP contribution in [0, 0.1) is 0 Å². The number of carbonyl (C=O) groups excluding carboxylic acids is 3. The van der Waals surface area contributed by atoms with Crippen molar-refractivity contribution in [3.8, 4) is 5.75 Å². The van der Waals surface area contributed by atoms with E-state index in [1.165, 1.54) is 24.4 Å². The summed E-state index contributed by atoms with van der Waals surface area (Å²) < 4.78 is 5.48. The number of esters is 1. The van der Waals surface area contributed by atoms with E-state index in [1.54, 1.807) is 78.9 Å². The maximum absolute atomic E-state index is 12.6. The van der Waals surface area contributed by atoms with Gasteiger partial charge in [-0.15, -0.1) is 0 Å². The molecule has 2 amide bonds. The van der Waals surface area contributed by atoms with E-state index in [0.717, 1.165) is 0 Å². The van der Waals surface area contributed by atoms with Crippen LogP contribution in [0.3, 0.4) is 0 Å². The van der Waals surface area contributed by atoms with Gasteiger partial charge in [0.1, 0.15) is 5.75 Å². The molecule has 37 heavy (non-hydrogen) atoms. The second-order valence-corrected chi connectivity index (χ2v) is 8.50. The lowest BCUT2D eigenvalue weighted by Crippen LogP contribution is -2.18. The molecule has 0 fully saturated rings. The van der Waals surface area contributed by atoms with Gasteiger partial charge in [0.05, 0.1) is 22.4 Å². The first-order valence-corrected chi connectivity index (χ1v) is 11.7. The molecular formula is C28H19Cl2N3O4. The Morgan fingerprint density at radius 2 is 1.49 bits per heavy atom. The number of halogens is 2. The molecule has 7 nitrogen and oxygen atoms in total. The van der Waals surface area contributed by atoms with Crippen molar-refractivity contribution < 1.29 is 19.1 Å². The zero-order chi connectivity index (χ0) is 26.2. The van der Waals surface area contributed by atoms with Crippen LogP contribution < -0.4 is 15.5 Å². The Balaban J connectivity index is 1.40. The van der Waals surface area contributed by atoms with Gasteiger partial charge in [-0.3, -0.25) is 9.59 Å². The Morgan fingerprint density at radius 1 is 0.757 bits per heavy atom. The van der Waals surface area contributed by atoms with Crippen LogP contribution >= 0.6 is 23.2 Å². The van der Waals surface area contributed by atoms with E-state index in [0.29, 0.717) is 27.6 Å². The Labute approximate surface area is 222 Å². The molecule has 0 bridgehead atoms. The number of para-hydroxylation sites is 1. The topological polar surface area (TPSA) is 96.9 Å².